The minimum absolute atomic E-state index is 0.298. The van der Waals surface area contributed by atoms with Crippen LogP contribution in [0.25, 0.3) is 0 Å². The number of piperidine rings is 1. The number of likely N-dealkylation sites (tertiary alicyclic amines) is 1. The van der Waals surface area contributed by atoms with Crippen LogP contribution in [0.1, 0.15) is 41.4 Å². The van der Waals surface area contributed by atoms with E-state index >= 15 is 0 Å². The molecule has 0 saturated carbocycles. The quantitative estimate of drug-likeness (QED) is 0.923. The van der Waals surface area contributed by atoms with Gasteiger partial charge in [-0.2, -0.15) is 0 Å². The summed E-state index contributed by atoms with van der Waals surface area (Å²) in [6.07, 6.45) is 5.59. The van der Waals surface area contributed by atoms with E-state index in [2.05, 4.69) is 22.1 Å². The first-order valence-electron chi connectivity index (χ1n) is 7.87. The fourth-order valence-electron chi connectivity index (χ4n) is 2.83. The van der Waals surface area contributed by atoms with Gasteiger partial charge in [0.25, 0.3) is 5.91 Å². The van der Waals surface area contributed by atoms with Gasteiger partial charge in [-0.15, -0.1) is 11.3 Å². The Morgan fingerprint density at radius 2 is 2.35 bits per heavy atom. The van der Waals surface area contributed by atoms with Gasteiger partial charge in [-0.1, -0.05) is 12.5 Å². The molecule has 0 radical (unpaired) electrons. The zero-order valence-corrected chi connectivity index (χ0v) is 13.9. The molecular weight excluding hydrogens is 313 g/mol. The minimum Gasteiger partial charge on any atom is -0.298 e. The van der Waals surface area contributed by atoms with Gasteiger partial charge >= 0.3 is 0 Å². The van der Waals surface area contributed by atoms with E-state index in [-0.39, 0.29) is 5.91 Å². The van der Waals surface area contributed by atoms with Crippen molar-refractivity contribution in [3.05, 3.63) is 46.7 Å². The summed E-state index contributed by atoms with van der Waals surface area (Å²) in [6, 6.07) is 6.24. The molecule has 1 unspecified atom stereocenters. The number of hydrogen-bond acceptors (Lipinski definition) is 4. The molecule has 1 fully saturated rings. The molecule has 1 aliphatic heterocycles. The number of aromatic nitrogens is 1. The van der Waals surface area contributed by atoms with E-state index in [0.717, 1.165) is 18.0 Å². The maximum atomic E-state index is 13.2. The Morgan fingerprint density at radius 3 is 3.13 bits per heavy atom. The van der Waals surface area contributed by atoms with Crippen molar-refractivity contribution < 1.29 is 9.18 Å². The summed E-state index contributed by atoms with van der Waals surface area (Å²) in [4.78, 5) is 19.9. The summed E-state index contributed by atoms with van der Waals surface area (Å²) >= 11 is 1.48. The fourth-order valence-corrected chi connectivity index (χ4v) is 3.66. The number of anilines is 1. The van der Waals surface area contributed by atoms with Gasteiger partial charge in [0.15, 0.2) is 5.13 Å². The average molecular weight is 333 g/mol. The Bertz CT molecular complexity index is 688. The van der Waals surface area contributed by atoms with E-state index in [4.69, 9.17) is 0 Å². The highest BCUT2D eigenvalue weighted by molar-refractivity contribution is 7.15. The second-order valence-electron chi connectivity index (χ2n) is 5.91. The molecule has 1 aromatic heterocycles. The summed E-state index contributed by atoms with van der Waals surface area (Å²) in [5.74, 6) is -0.756. The number of carbonyl (C=O) groups excluding carboxylic acids is 1. The zero-order chi connectivity index (χ0) is 16.2. The molecule has 6 heteroatoms. The van der Waals surface area contributed by atoms with Crippen molar-refractivity contribution >= 4 is 22.4 Å². The first-order chi connectivity index (χ1) is 11.1. The van der Waals surface area contributed by atoms with Crippen LogP contribution in [0.5, 0.6) is 0 Å². The van der Waals surface area contributed by atoms with E-state index < -0.39 is 5.82 Å². The van der Waals surface area contributed by atoms with Crippen LogP contribution >= 0.6 is 11.3 Å². The molecule has 0 spiro atoms. The predicted octanol–water partition coefficient (Wildman–Crippen LogP) is 3.91. The monoisotopic (exact) mass is 333 g/mol. The first-order valence-corrected chi connectivity index (χ1v) is 8.69. The maximum Gasteiger partial charge on any atom is 0.257 e. The highest BCUT2D eigenvalue weighted by atomic mass is 32.1. The molecule has 1 atom stereocenters. The fraction of sp³-hybridized carbons (Fsp3) is 0.412. The molecule has 23 heavy (non-hydrogen) atoms. The van der Waals surface area contributed by atoms with Crippen molar-refractivity contribution in [1.29, 1.82) is 0 Å². The van der Waals surface area contributed by atoms with E-state index in [9.17, 15) is 9.18 Å². The Kier molecular flexibility index (Phi) is 5.03. The molecular formula is C17H20FN3OS. The summed E-state index contributed by atoms with van der Waals surface area (Å²) < 4.78 is 13.2. The van der Waals surface area contributed by atoms with Crippen molar-refractivity contribution in [3.8, 4) is 0 Å². The maximum absolute atomic E-state index is 13.2. The van der Waals surface area contributed by atoms with E-state index in [1.54, 1.807) is 6.07 Å². The minimum atomic E-state index is -0.420. The number of carbonyl (C=O) groups is 1. The molecule has 2 heterocycles. The van der Waals surface area contributed by atoms with Gasteiger partial charge in [0, 0.05) is 29.2 Å². The van der Waals surface area contributed by atoms with Crippen LogP contribution in [0.4, 0.5) is 9.52 Å². The van der Waals surface area contributed by atoms with Crippen molar-refractivity contribution in [1.82, 2.24) is 9.88 Å². The number of thiazole rings is 1. The van der Waals surface area contributed by atoms with Crippen LogP contribution in [0.3, 0.4) is 0 Å². The Morgan fingerprint density at radius 1 is 1.48 bits per heavy atom. The second-order valence-corrected chi connectivity index (χ2v) is 7.03. The number of amides is 1. The van der Waals surface area contributed by atoms with Crippen molar-refractivity contribution in [2.75, 3.05) is 11.9 Å². The molecule has 3 rings (SSSR count). The third-order valence-corrected chi connectivity index (χ3v) is 5.06. The van der Waals surface area contributed by atoms with Crippen LogP contribution in [0.2, 0.25) is 0 Å². The van der Waals surface area contributed by atoms with Crippen LogP contribution < -0.4 is 5.32 Å². The van der Waals surface area contributed by atoms with Gasteiger partial charge < -0.3 is 0 Å². The molecule has 1 aliphatic rings. The summed E-state index contributed by atoms with van der Waals surface area (Å²) in [6.45, 7) is 4.24. The normalized spacial score (nSPS) is 18.8. The highest BCUT2D eigenvalue weighted by Gasteiger charge is 2.19. The summed E-state index contributed by atoms with van der Waals surface area (Å²) in [7, 11) is 0. The molecule has 1 amide bonds. The molecule has 0 bridgehead atoms. The van der Waals surface area contributed by atoms with Gasteiger partial charge in [0.05, 0.1) is 0 Å². The third kappa shape index (κ3) is 4.14. The number of nitrogens with zero attached hydrogens (tertiary/aromatic N) is 2. The van der Waals surface area contributed by atoms with Crippen molar-refractivity contribution in [2.45, 2.75) is 38.8 Å². The molecule has 2 aromatic rings. The lowest BCUT2D eigenvalue weighted by Crippen LogP contribution is -2.36. The van der Waals surface area contributed by atoms with E-state index in [0.29, 0.717) is 16.7 Å². The smallest absolute Gasteiger partial charge is 0.257 e. The summed E-state index contributed by atoms with van der Waals surface area (Å²) in [5, 5.41) is 3.29. The lowest BCUT2D eigenvalue weighted by Gasteiger charge is -2.32. The van der Waals surface area contributed by atoms with Crippen LogP contribution in [0.15, 0.2) is 30.5 Å². The summed E-state index contributed by atoms with van der Waals surface area (Å²) in [5.41, 5.74) is 0.298. The van der Waals surface area contributed by atoms with Gasteiger partial charge in [0.2, 0.25) is 0 Å². The number of nitrogens with one attached hydrogen (secondary N) is 1. The Labute approximate surface area is 139 Å². The molecule has 0 aliphatic carbocycles. The number of benzene rings is 1. The van der Waals surface area contributed by atoms with Crippen LogP contribution in [0, 0.1) is 5.82 Å². The van der Waals surface area contributed by atoms with Gasteiger partial charge in [-0.25, -0.2) is 9.37 Å². The standard InChI is InChI=1S/C17H20FN3OS/c1-12-5-2-3-8-21(12)11-15-10-19-17(23-15)20-16(22)13-6-4-7-14(18)9-13/h4,6-7,9-10,12H,2-3,5,8,11H2,1H3,(H,19,20,22). The van der Waals surface area contributed by atoms with Gasteiger partial charge in [0.1, 0.15) is 5.82 Å². The van der Waals surface area contributed by atoms with Crippen LogP contribution in [-0.2, 0) is 6.54 Å². The zero-order valence-electron chi connectivity index (χ0n) is 13.1. The number of halogens is 1. The molecule has 1 saturated heterocycles. The lowest BCUT2D eigenvalue weighted by atomic mass is 10.0. The van der Waals surface area contributed by atoms with Crippen LogP contribution in [-0.4, -0.2) is 28.4 Å². The Balaban J connectivity index is 1.61. The number of hydrogen-bond donors (Lipinski definition) is 1. The molecule has 1 N–H and O–H groups in total. The van der Waals surface area contributed by atoms with Gasteiger partial charge in [-0.05, 0) is 44.5 Å². The third-order valence-electron chi connectivity index (χ3n) is 4.16. The topological polar surface area (TPSA) is 45.2 Å². The second kappa shape index (κ2) is 7.19. The average Bonchev–Trinajstić information content (AvgIpc) is 2.97. The van der Waals surface area contributed by atoms with E-state index in [1.807, 2.05) is 6.20 Å². The van der Waals surface area contributed by atoms with Crippen molar-refractivity contribution in [2.24, 2.45) is 0 Å². The lowest BCUT2D eigenvalue weighted by molar-refractivity contribution is 0.102. The molecule has 4 nitrogen and oxygen atoms in total. The SMILES string of the molecule is CC1CCCCN1Cc1cnc(NC(=O)c2cccc(F)c2)s1. The van der Waals surface area contributed by atoms with E-state index in [1.165, 1.54) is 48.8 Å². The van der Waals surface area contributed by atoms with Gasteiger partial charge in [-0.3, -0.25) is 15.0 Å². The molecule has 122 valence electrons. The number of rotatable bonds is 4. The Hall–Kier alpha value is -1.79. The van der Waals surface area contributed by atoms with Crippen molar-refractivity contribution in [3.63, 3.8) is 0 Å². The predicted molar refractivity (Wildman–Crippen MR) is 90.2 cm³/mol. The first kappa shape index (κ1) is 16.1. The largest absolute Gasteiger partial charge is 0.298 e. The molecule has 1 aromatic carbocycles. The highest BCUT2D eigenvalue weighted by Crippen LogP contribution is 2.24.